The van der Waals surface area contributed by atoms with E-state index in [0.717, 1.165) is 17.0 Å². The summed E-state index contributed by atoms with van der Waals surface area (Å²) < 4.78 is 10.5. The maximum absolute atomic E-state index is 13.0. The Morgan fingerprint density at radius 3 is 2.42 bits per heavy atom. The lowest BCUT2D eigenvalue weighted by Crippen LogP contribution is -2.32. The topological polar surface area (TPSA) is 55.0 Å². The van der Waals surface area contributed by atoms with Crippen molar-refractivity contribution in [3.63, 3.8) is 0 Å². The molecule has 0 radical (unpaired) electrons. The van der Waals surface area contributed by atoms with E-state index in [9.17, 15) is 4.79 Å². The number of ether oxygens (including phenoxy) is 1. The first-order valence-corrected chi connectivity index (χ1v) is 8.14. The molecule has 2 heterocycles. The smallest absolute Gasteiger partial charge is 0.282 e. The van der Waals surface area contributed by atoms with E-state index in [1.807, 2.05) is 54.6 Å². The van der Waals surface area contributed by atoms with Crippen LogP contribution in [0.15, 0.2) is 88.1 Å². The molecular weight excluding hydrogens is 328 g/mol. The van der Waals surface area contributed by atoms with Gasteiger partial charge in [0.2, 0.25) is 0 Å². The molecule has 1 aromatic heterocycles. The Labute approximate surface area is 150 Å². The third-order valence-corrected chi connectivity index (χ3v) is 4.05. The molecular formula is C21H16N2O3. The Hall–Kier alpha value is -3.60. The normalized spacial score (nSPS) is 15.4. The SMILES string of the molecule is COc1ccc(N2C(=O)/C(=C\c3ccco3)N=C2c2ccccc2)cc1. The number of furan rings is 1. The van der Waals surface area contributed by atoms with E-state index < -0.39 is 0 Å². The minimum atomic E-state index is -0.203. The molecule has 128 valence electrons. The predicted molar refractivity (Wildman–Crippen MR) is 100 cm³/mol. The van der Waals surface area contributed by atoms with Crippen LogP contribution in [0.2, 0.25) is 0 Å². The van der Waals surface area contributed by atoms with Crippen LogP contribution >= 0.6 is 0 Å². The van der Waals surface area contributed by atoms with Crippen molar-refractivity contribution in [1.82, 2.24) is 0 Å². The summed E-state index contributed by atoms with van der Waals surface area (Å²) in [5.74, 6) is 1.69. The van der Waals surface area contributed by atoms with Crippen LogP contribution in [0.1, 0.15) is 11.3 Å². The van der Waals surface area contributed by atoms with Crippen LogP contribution in [0, 0.1) is 0 Å². The van der Waals surface area contributed by atoms with Gasteiger partial charge in [0.15, 0.2) is 0 Å². The zero-order valence-corrected chi connectivity index (χ0v) is 14.1. The van der Waals surface area contributed by atoms with Gasteiger partial charge in [-0.05, 0) is 36.4 Å². The van der Waals surface area contributed by atoms with E-state index in [2.05, 4.69) is 4.99 Å². The summed E-state index contributed by atoms with van der Waals surface area (Å²) >= 11 is 0. The predicted octanol–water partition coefficient (Wildman–Crippen LogP) is 4.12. The van der Waals surface area contributed by atoms with Crippen LogP contribution in [0.3, 0.4) is 0 Å². The highest BCUT2D eigenvalue weighted by atomic mass is 16.5. The van der Waals surface area contributed by atoms with Crippen LogP contribution in [-0.2, 0) is 4.79 Å². The molecule has 2 aromatic carbocycles. The summed E-state index contributed by atoms with van der Waals surface area (Å²) in [6.07, 6.45) is 3.21. The molecule has 3 aromatic rings. The summed E-state index contributed by atoms with van der Waals surface area (Å²) in [6, 6.07) is 20.5. The monoisotopic (exact) mass is 344 g/mol. The number of carbonyl (C=O) groups excluding carboxylic acids is 1. The maximum Gasteiger partial charge on any atom is 0.282 e. The van der Waals surface area contributed by atoms with Gasteiger partial charge in [0.05, 0.1) is 19.1 Å². The maximum atomic E-state index is 13.0. The fourth-order valence-corrected chi connectivity index (χ4v) is 2.78. The fraction of sp³-hybridized carbons (Fsp3) is 0.0476. The van der Waals surface area contributed by atoms with E-state index >= 15 is 0 Å². The van der Waals surface area contributed by atoms with Gasteiger partial charge in [-0.3, -0.25) is 9.69 Å². The van der Waals surface area contributed by atoms with Crippen LogP contribution in [-0.4, -0.2) is 18.9 Å². The fourth-order valence-electron chi connectivity index (χ4n) is 2.78. The van der Waals surface area contributed by atoms with Crippen molar-refractivity contribution in [2.24, 2.45) is 4.99 Å². The molecule has 0 unspecified atom stereocenters. The first-order valence-electron chi connectivity index (χ1n) is 8.14. The van der Waals surface area contributed by atoms with Crippen LogP contribution < -0.4 is 9.64 Å². The molecule has 5 heteroatoms. The highest BCUT2D eigenvalue weighted by molar-refractivity contribution is 6.33. The van der Waals surface area contributed by atoms with Crippen molar-refractivity contribution < 1.29 is 13.9 Å². The van der Waals surface area contributed by atoms with Gasteiger partial charge in [0.25, 0.3) is 5.91 Å². The number of benzene rings is 2. The Bertz CT molecular complexity index is 972. The summed E-state index contributed by atoms with van der Waals surface area (Å²) in [6.45, 7) is 0. The number of amidine groups is 1. The Kier molecular flexibility index (Phi) is 4.11. The first kappa shape index (κ1) is 15.9. The van der Waals surface area contributed by atoms with Crippen molar-refractivity contribution >= 4 is 23.5 Å². The molecule has 5 nitrogen and oxygen atoms in total. The molecule has 0 saturated carbocycles. The number of anilines is 1. The molecule has 0 aliphatic carbocycles. The molecule has 0 bridgehead atoms. The number of hydrogen-bond acceptors (Lipinski definition) is 4. The zero-order valence-electron chi connectivity index (χ0n) is 14.1. The third-order valence-electron chi connectivity index (χ3n) is 4.05. The number of rotatable bonds is 4. The van der Waals surface area contributed by atoms with Gasteiger partial charge < -0.3 is 9.15 Å². The van der Waals surface area contributed by atoms with Gasteiger partial charge in [-0.25, -0.2) is 4.99 Å². The summed E-state index contributed by atoms with van der Waals surface area (Å²) in [4.78, 5) is 19.2. The number of amides is 1. The molecule has 0 fully saturated rings. The number of aliphatic imine (C=N–C) groups is 1. The van der Waals surface area contributed by atoms with Gasteiger partial charge in [-0.1, -0.05) is 30.3 Å². The molecule has 1 amide bonds. The van der Waals surface area contributed by atoms with Gasteiger partial charge in [0.1, 0.15) is 23.0 Å². The largest absolute Gasteiger partial charge is 0.497 e. The van der Waals surface area contributed by atoms with Crippen LogP contribution in [0.25, 0.3) is 6.08 Å². The number of methoxy groups -OCH3 is 1. The van der Waals surface area contributed by atoms with E-state index in [-0.39, 0.29) is 5.91 Å². The Balaban J connectivity index is 1.80. The molecule has 0 spiro atoms. The third kappa shape index (κ3) is 2.91. The minimum Gasteiger partial charge on any atom is -0.497 e. The molecule has 1 aliphatic heterocycles. The molecule has 4 rings (SSSR count). The Morgan fingerprint density at radius 1 is 1.00 bits per heavy atom. The average Bonchev–Trinajstić information content (AvgIpc) is 3.31. The van der Waals surface area contributed by atoms with Crippen molar-refractivity contribution in [3.05, 3.63) is 90.0 Å². The summed E-state index contributed by atoms with van der Waals surface area (Å²) in [5, 5.41) is 0. The first-order chi connectivity index (χ1) is 12.8. The van der Waals surface area contributed by atoms with Gasteiger partial charge in [0, 0.05) is 11.6 Å². The van der Waals surface area contributed by atoms with Gasteiger partial charge >= 0.3 is 0 Å². The average molecular weight is 344 g/mol. The van der Waals surface area contributed by atoms with E-state index in [1.54, 1.807) is 36.5 Å². The van der Waals surface area contributed by atoms with E-state index in [1.165, 1.54) is 0 Å². The minimum absolute atomic E-state index is 0.203. The second-order valence-corrected chi connectivity index (χ2v) is 5.69. The zero-order chi connectivity index (χ0) is 17.9. The standard InChI is InChI=1S/C21H16N2O3/c1-25-17-11-9-16(10-12-17)23-20(15-6-3-2-4-7-15)22-19(21(23)24)14-18-8-5-13-26-18/h2-14H,1H3/b19-14+. The molecule has 1 aliphatic rings. The van der Waals surface area contributed by atoms with E-state index in [4.69, 9.17) is 9.15 Å². The number of carbonyl (C=O) groups is 1. The second-order valence-electron chi connectivity index (χ2n) is 5.69. The van der Waals surface area contributed by atoms with Crippen molar-refractivity contribution in [2.45, 2.75) is 0 Å². The van der Waals surface area contributed by atoms with Crippen molar-refractivity contribution in [1.29, 1.82) is 0 Å². The highest BCUT2D eigenvalue weighted by Crippen LogP contribution is 2.29. The lowest BCUT2D eigenvalue weighted by atomic mass is 10.1. The van der Waals surface area contributed by atoms with Crippen molar-refractivity contribution in [3.8, 4) is 5.75 Å². The van der Waals surface area contributed by atoms with E-state index in [0.29, 0.717) is 17.3 Å². The lowest BCUT2D eigenvalue weighted by molar-refractivity contribution is -0.113. The lowest BCUT2D eigenvalue weighted by Gasteiger charge is -2.18. The van der Waals surface area contributed by atoms with Crippen LogP contribution in [0.5, 0.6) is 5.75 Å². The summed E-state index contributed by atoms with van der Waals surface area (Å²) in [7, 11) is 1.61. The quantitative estimate of drug-likeness (QED) is 0.669. The summed E-state index contributed by atoms with van der Waals surface area (Å²) in [5.41, 5.74) is 1.91. The van der Waals surface area contributed by atoms with Crippen molar-refractivity contribution in [2.75, 3.05) is 12.0 Å². The number of hydrogen-bond donors (Lipinski definition) is 0. The number of nitrogens with zero attached hydrogens (tertiary/aromatic N) is 2. The molecule has 0 N–H and O–H groups in total. The molecule has 0 atom stereocenters. The van der Waals surface area contributed by atoms with Gasteiger partial charge in [-0.2, -0.15) is 0 Å². The second kappa shape index (κ2) is 6.72. The van der Waals surface area contributed by atoms with Gasteiger partial charge in [-0.15, -0.1) is 0 Å². The highest BCUT2D eigenvalue weighted by Gasteiger charge is 2.32. The van der Waals surface area contributed by atoms with Crippen LogP contribution in [0.4, 0.5) is 5.69 Å². The Morgan fingerprint density at radius 2 is 1.77 bits per heavy atom. The molecule has 26 heavy (non-hydrogen) atoms. The molecule has 0 saturated heterocycles.